The third kappa shape index (κ3) is 9.03. The molecule has 1 aliphatic rings. The van der Waals surface area contributed by atoms with Gasteiger partial charge in [0.05, 0.1) is 18.8 Å². The van der Waals surface area contributed by atoms with Crippen LogP contribution in [0.15, 0.2) is 22.9 Å². The molecule has 6 nitrogen and oxygen atoms in total. The first kappa shape index (κ1) is 21.7. The summed E-state index contributed by atoms with van der Waals surface area (Å²) in [5, 5.41) is 23.0. The van der Waals surface area contributed by atoms with Crippen LogP contribution < -0.4 is 5.32 Å². The average molecular weight is 352 g/mol. The lowest BCUT2D eigenvalue weighted by Gasteiger charge is -2.20. The highest BCUT2D eigenvalue weighted by molar-refractivity contribution is 5.39. The standard InChI is InChI=1S/C19H32N2O4/c1-3-4-11-24-12-13-25-19(22)18(15-20)16-7-5-8-17(14-16)21-9-6-10-23-2/h14,19,21-22H,3-13H2,1-2H3/b18-16-. The zero-order valence-corrected chi connectivity index (χ0v) is 15.6. The molecule has 0 spiro atoms. The molecule has 0 aliphatic heterocycles. The number of rotatable bonds is 13. The predicted octanol–water partition coefficient (Wildman–Crippen LogP) is 2.65. The maximum Gasteiger partial charge on any atom is 0.191 e. The molecule has 0 saturated carbocycles. The maximum absolute atomic E-state index is 10.2. The molecule has 0 bridgehead atoms. The Bertz CT molecular complexity index is 469. The summed E-state index contributed by atoms with van der Waals surface area (Å²) < 4.78 is 15.8. The van der Waals surface area contributed by atoms with Gasteiger partial charge >= 0.3 is 0 Å². The summed E-state index contributed by atoms with van der Waals surface area (Å²) in [5.74, 6) is 0. The van der Waals surface area contributed by atoms with Crippen LogP contribution in [0, 0.1) is 11.3 Å². The van der Waals surface area contributed by atoms with Gasteiger partial charge in [-0.15, -0.1) is 0 Å². The summed E-state index contributed by atoms with van der Waals surface area (Å²) in [7, 11) is 1.69. The molecule has 1 aliphatic carbocycles. The lowest BCUT2D eigenvalue weighted by molar-refractivity contribution is -0.0861. The Balaban J connectivity index is 2.51. The first-order valence-electron chi connectivity index (χ1n) is 9.16. The highest BCUT2D eigenvalue weighted by Crippen LogP contribution is 2.25. The van der Waals surface area contributed by atoms with Crippen LogP contribution >= 0.6 is 0 Å². The van der Waals surface area contributed by atoms with Crippen molar-refractivity contribution in [3.8, 4) is 6.07 Å². The minimum absolute atomic E-state index is 0.273. The number of nitrogens with one attached hydrogen (secondary N) is 1. The molecule has 1 unspecified atom stereocenters. The Morgan fingerprint density at radius 2 is 2.12 bits per heavy atom. The molecule has 6 heteroatoms. The van der Waals surface area contributed by atoms with Crippen molar-refractivity contribution in [1.29, 1.82) is 5.26 Å². The lowest BCUT2D eigenvalue weighted by atomic mass is 9.95. The van der Waals surface area contributed by atoms with E-state index in [2.05, 4.69) is 18.3 Å². The van der Waals surface area contributed by atoms with Crippen molar-refractivity contribution < 1.29 is 19.3 Å². The van der Waals surface area contributed by atoms with Crippen molar-refractivity contribution in [2.45, 2.75) is 51.7 Å². The van der Waals surface area contributed by atoms with E-state index in [0.29, 0.717) is 18.8 Å². The van der Waals surface area contributed by atoms with E-state index in [9.17, 15) is 10.4 Å². The zero-order valence-electron chi connectivity index (χ0n) is 15.6. The number of nitriles is 1. The number of hydrogen-bond donors (Lipinski definition) is 2. The van der Waals surface area contributed by atoms with E-state index in [0.717, 1.165) is 62.9 Å². The van der Waals surface area contributed by atoms with E-state index in [-0.39, 0.29) is 6.61 Å². The summed E-state index contributed by atoms with van der Waals surface area (Å²) in [6, 6.07) is 2.10. The van der Waals surface area contributed by atoms with Gasteiger partial charge in [-0.2, -0.15) is 5.26 Å². The summed E-state index contributed by atoms with van der Waals surface area (Å²) in [5.41, 5.74) is 2.24. The largest absolute Gasteiger partial charge is 0.388 e. The topological polar surface area (TPSA) is 83.7 Å². The monoisotopic (exact) mass is 352 g/mol. The maximum atomic E-state index is 10.2. The number of unbranched alkanes of at least 4 members (excludes halogenated alkanes) is 1. The van der Waals surface area contributed by atoms with Gasteiger partial charge in [0.25, 0.3) is 0 Å². The minimum Gasteiger partial charge on any atom is -0.388 e. The second-order valence-corrected chi connectivity index (χ2v) is 6.04. The van der Waals surface area contributed by atoms with Crippen molar-refractivity contribution in [3.05, 3.63) is 22.9 Å². The Morgan fingerprint density at radius 1 is 1.28 bits per heavy atom. The normalized spacial score (nSPS) is 17.6. The van der Waals surface area contributed by atoms with E-state index >= 15 is 0 Å². The number of nitrogens with zero attached hydrogens (tertiary/aromatic N) is 1. The van der Waals surface area contributed by atoms with Gasteiger partial charge in [0, 0.05) is 32.6 Å². The highest BCUT2D eigenvalue weighted by atomic mass is 16.6. The molecule has 1 atom stereocenters. The molecule has 0 amide bonds. The molecule has 1 rings (SSSR count). The number of aliphatic hydroxyl groups excluding tert-OH is 1. The highest BCUT2D eigenvalue weighted by Gasteiger charge is 2.18. The van der Waals surface area contributed by atoms with Gasteiger partial charge < -0.3 is 24.6 Å². The van der Waals surface area contributed by atoms with Crippen LogP contribution in [0.2, 0.25) is 0 Å². The Morgan fingerprint density at radius 3 is 2.84 bits per heavy atom. The van der Waals surface area contributed by atoms with Gasteiger partial charge in [-0.3, -0.25) is 0 Å². The molecule has 0 heterocycles. The third-order valence-corrected chi connectivity index (χ3v) is 3.98. The fraction of sp³-hybridized carbons (Fsp3) is 0.737. The Hall–Kier alpha value is -1.39. The summed E-state index contributed by atoms with van der Waals surface area (Å²) in [6.07, 6.45) is 6.50. The van der Waals surface area contributed by atoms with Crippen molar-refractivity contribution in [3.63, 3.8) is 0 Å². The molecule has 0 aromatic rings. The van der Waals surface area contributed by atoms with Gasteiger partial charge in [0.1, 0.15) is 6.07 Å². The summed E-state index contributed by atoms with van der Waals surface area (Å²) in [4.78, 5) is 0. The van der Waals surface area contributed by atoms with Crippen molar-refractivity contribution in [1.82, 2.24) is 5.32 Å². The molecule has 0 saturated heterocycles. The second-order valence-electron chi connectivity index (χ2n) is 6.04. The van der Waals surface area contributed by atoms with Crippen LogP contribution in [-0.2, 0) is 14.2 Å². The first-order valence-corrected chi connectivity index (χ1v) is 9.16. The molecule has 0 fully saturated rings. The van der Waals surface area contributed by atoms with E-state index in [1.807, 2.05) is 6.08 Å². The van der Waals surface area contributed by atoms with E-state index in [1.165, 1.54) is 0 Å². The average Bonchev–Trinajstić information content (AvgIpc) is 2.63. The number of methoxy groups -OCH3 is 1. The first-order chi connectivity index (χ1) is 12.2. The SMILES string of the molecule is CCCCOCCOC(O)/C(C#N)=C1\C=C(NCCCOC)CCC1. The van der Waals surface area contributed by atoms with Crippen LogP contribution in [0.4, 0.5) is 0 Å². The molecular formula is C19H32N2O4. The molecule has 0 aromatic carbocycles. The predicted molar refractivity (Wildman–Crippen MR) is 96.8 cm³/mol. The Labute approximate surface area is 151 Å². The summed E-state index contributed by atoms with van der Waals surface area (Å²) in [6.45, 7) is 5.06. The van der Waals surface area contributed by atoms with E-state index in [4.69, 9.17) is 14.2 Å². The van der Waals surface area contributed by atoms with Gasteiger partial charge in [0.2, 0.25) is 0 Å². The van der Waals surface area contributed by atoms with Gasteiger partial charge in [-0.1, -0.05) is 13.3 Å². The quantitative estimate of drug-likeness (QED) is 0.301. The molecule has 25 heavy (non-hydrogen) atoms. The third-order valence-electron chi connectivity index (χ3n) is 3.98. The Kier molecular flexibility index (Phi) is 12.0. The van der Waals surface area contributed by atoms with Crippen molar-refractivity contribution in [2.24, 2.45) is 0 Å². The van der Waals surface area contributed by atoms with E-state index < -0.39 is 6.29 Å². The van der Waals surface area contributed by atoms with Crippen molar-refractivity contribution in [2.75, 3.05) is 40.1 Å². The second kappa shape index (κ2) is 13.9. The minimum atomic E-state index is -1.20. The number of hydrogen-bond acceptors (Lipinski definition) is 6. The molecule has 0 radical (unpaired) electrons. The number of ether oxygens (including phenoxy) is 3. The lowest BCUT2D eigenvalue weighted by Crippen LogP contribution is -2.21. The fourth-order valence-corrected chi connectivity index (χ4v) is 2.58. The fourth-order valence-electron chi connectivity index (χ4n) is 2.58. The summed E-state index contributed by atoms with van der Waals surface area (Å²) >= 11 is 0. The molecular weight excluding hydrogens is 320 g/mol. The molecule has 0 aromatic heterocycles. The van der Waals surface area contributed by atoms with Crippen LogP contribution in [0.3, 0.4) is 0 Å². The molecule has 142 valence electrons. The van der Waals surface area contributed by atoms with Gasteiger partial charge in [0.15, 0.2) is 6.29 Å². The van der Waals surface area contributed by atoms with Crippen LogP contribution in [0.1, 0.15) is 45.4 Å². The van der Waals surface area contributed by atoms with Crippen molar-refractivity contribution >= 4 is 0 Å². The number of aliphatic hydroxyl groups is 1. The smallest absolute Gasteiger partial charge is 0.191 e. The number of allylic oxidation sites excluding steroid dienone is 3. The molecule has 2 N–H and O–H groups in total. The van der Waals surface area contributed by atoms with Crippen LogP contribution in [0.25, 0.3) is 0 Å². The van der Waals surface area contributed by atoms with Gasteiger partial charge in [-0.05, 0) is 43.8 Å². The van der Waals surface area contributed by atoms with Crippen LogP contribution in [0.5, 0.6) is 0 Å². The van der Waals surface area contributed by atoms with Crippen LogP contribution in [-0.4, -0.2) is 51.5 Å². The van der Waals surface area contributed by atoms with Gasteiger partial charge in [-0.25, -0.2) is 0 Å². The zero-order chi connectivity index (χ0) is 18.3. The van der Waals surface area contributed by atoms with E-state index in [1.54, 1.807) is 7.11 Å².